The number of aromatic nitrogens is 2. The van der Waals surface area contributed by atoms with Gasteiger partial charge in [-0.2, -0.15) is 9.29 Å². The number of anilines is 1. The number of carbonyl (C=O) groups is 1. The normalized spacial score (nSPS) is 17.4. The van der Waals surface area contributed by atoms with Crippen LogP contribution in [-0.2, 0) is 21.2 Å². The third kappa shape index (κ3) is 4.59. The van der Waals surface area contributed by atoms with E-state index in [4.69, 9.17) is 4.52 Å². The van der Waals surface area contributed by atoms with Gasteiger partial charge >= 0.3 is 0 Å². The number of amides is 1. The summed E-state index contributed by atoms with van der Waals surface area (Å²) < 4.78 is 46.4. The summed E-state index contributed by atoms with van der Waals surface area (Å²) in [5, 5.41) is 8.37. The summed E-state index contributed by atoms with van der Waals surface area (Å²) in [5.41, 5.74) is 1.71. The lowest BCUT2D eigenvalue weighted by molar-refractivity contribution is -0.120. The molecule has 3 aromatic rings. The van der Waals surface area contributed by atoms with E-state index in [0.29, 0.717) is 54.3 Å². The second-order valence-electron chi connectivity index (χ2n) is 7.67. The summed E-state index contributed by atoms with van der Waals surface area (Å²) in [6.45, 7) is 4.03. The second-order valence-corrected chi connectivity index (χ2v) is 10.7. The minimum absolute atomic E-state index is 0.0871. The molecule has 1 saturated heterocycles. The van der Waals surface area contributed by atoms with Crippen LogP contribution >= 0.6 is 11.3 Å². The first-order chi connectivity index (χ1) is 15.3. The number of carbonyl (C=O) groups excluding carboxylic acids is 1. The molecule has 0 spiro atoms. The third-order valence-corrected chi connectivity index (χ3v) is 8.68. The Morgan fingerprint density at radius 1 is 1.38 bits per heavy atom. The van der Waals surface area contributed by atoms with E-state index >= 15 is 0 Å². The molecule has 4 rings (SSSR count). The largest absolute Gasteiger partial charge is 0.339 e. The number of rotatable bonds is 6. The zero-order valence-corrected chi connectivity index (χ0v) is 19.3. The minimum Gasteiger partial charge on any atom is -0.339 e. The number of aryl methyl sites for hydroxylation is 2. The quantitative estimate of drug-likeness (QED) is 0.577. The van der Waals surface area contributed by atoms with Crippen LogP contribution in [0.4, 0.5) is 10.1 Å². The van der Waals surface area contributed by atoms with Crippen molar-refractivity contribution in [3.05, 3.63) is 46.9 Å². The van der Waals surface area contributed by atoms with Gasteiger partial charge in [0.15, 0.2) is 0 Å². The molecular formula is C21H23FN4O4S2. The Kier molecular flexibility index (Phi) is 6.40. The summed E-state index contributed by atoms with van der Waals surface area (Å²) in [5.74, 6) is -0.309. The molecule has 0 saturated carbocycles. The molecule has 1 amide bonds. The van der Waals surface area contributed by atoms with Gasteiger partial charge in [0, 0.05) is 36.1 Å². The van der Waals surface area contributed by atoms with Gasteiger partial charge in [0.2, 0.25) is 17.6 Å². The van der Waals surface area contributed by atoms with E-state index in [1.807, 2.05) is 6.92 Å². The highest BCUT2D eigenvalue weighted by Gasteiger charge is 2.34. The van der Waals surface area contributed by atoms with Crippen LogP contribution in [0, 0.1) is 18.7 Å². The molecule has 1 atom stereocenters. The minimum atomic E-state index is -3.76. The molecule has 170 valence electrons. The Hall–Kier alpha value is -2.63. The van der Waals surface area contributed by atoms with E-state index in [-0.39, 0.29) is 22.5 Å². The molecule has 32 heavy (non-hydrogen) atoms. The van der Waals surface area contributed by atoms with Crippen molar-refractivity contribution in [1.82, 2.24) is 14.4 Å². The lowest BCUT2D eigenvalue weighted by atomic mass is 9.98. The third-order valence-electron chi connectivity index (χ3n) is 5.40. The lowest BCUT2D eigenvalue weighted by Gasteiger charge is -2.30. The van der Waals surface area contributed by atoms with E-state index in [1.165, 1.54) is 28.6 Å². The fraction of sp³-hybridized carbons (Fsp3) is 0.381. The van der Waals surface area contributed by atoms with Crippen molar-refractivity contribution in [3.8, 4) is 11.4 Å². The molecule has 8 nitrogen and oxygen atoms in total. The zero-order chi connectivity index (χ0) is 22.9. The Labute approximate surface area is 189 Å². The van der Waals surface area contributed by atoms with Crippen LogP contribution in [0.2, 0.25) is 0 Å². The van der Waals surface area contributed by atoms with Crippen LogP contribution in [-0.4, -0.2) is 41.9 Å². The van der Waals surface area contributed by atoms with Gasteiger partial charge in [-0.1, -0.05) is 12.1 Å². The van der Waals surface area contributed by atoms with E-state index < -0.39 is 15.9 Å². The molecule has 0 radical (unpaired) electrons. The predicted molar refractivity (Wildman–Crippen MR) is 118 cm³/mol. The Morgan fingerprint density at radius 2 is 2.19 bits per heavy atom. The molecule has 0 aliphatic carbocycles. The van der Waals surface area contributed by atoms with Gasteiger partial charge in [-0.15, -0.1) is 11.3 Å². The van der Waals surface area contributed by atoms with E-state index in [1.54, 1.807) is 12.3 Å². The van der Waals surface area contributed by atoms with Gasteiger partial charge in [0.25, 0.3) is 10.0 Å². The molecule has 0 unspecified atom stereocenters. The van der Waals surface area contributed by atoms with Gasteiger partial charge < -0.3 is 9.84 Å². The fourth-order valence-corrected chi connectivity index (χ4v) is 6.42. The standard InChI is InChI=1S/C21H23FN4O4S2/c1-3-18-24-20(25-30-18)15-10-19(31-12-15)32(28,29)26-8-4-5-14(11-26)21(27)23-17-7-6-16(22)9-13(17)2/h6-7,9-10,12,14H,3-5,8,11H2,1-2H3,(H,23,27)/t14-/m1/s1. The van der Waals surface area contributed by atoms with Crippen LogP contribution < -0.4 is 5.32 Å². The number of thiophene rings is 1. The highest BCUT2D eigenvalue weighted by Crippen LogP contribution is 2.31. The maximum Gasteiger partial charge on any atom is 0.252 e. The highest BCUT2D eigenvalue weighted by atomic mass is 32.2. The first-order valence-corrected chi connectivity index (χ1v) is 12.6. The Morgan fingerprint density at radius 3 is 2.91 bits per heavy atom. The number of benzene rings is 1. The van der Waals surface area contributed by atoms with Crippen molar-refractivity contribution in [2.75, 3.05) is 18.4 Å². The van der Waals surface area contributed by atoms with Gasteiger partial charge in [0.1, 0.15) is 10.0 Å². The Balaban J connectivity index is 1.48. The van der Waals surface area contributed by atoms with E-state index in [9.17, 15) is 17.6 Å². The highest BCUT2D eigenvalue weighted by molar-refractivity contribution is 7.91. The van der Waals surface area contributed by atoms with E-state index in [2.05, 4.69) is 15.5 Å². The number of hydrogen-bond donors (Lipinski definition) is 1. The number of sulfonamides is 1. The SMILES string of the molecule is CCc1nc(-c2csc(S(=O)(=O)N3CCC[C@@H](C(=O)Nc4ccc(F)cc4C)C3)c2)no1. The number of hydrogen-bond acceptors (Lipinski definition) is 7. The fourth-order valence-electron chi connectivity index (χ4n) is 3.59. The van der Waals surface area contributed by atoms with Crippen molar-refractivity contribution >= 4 is 33.0 Å². The van der Waals surface area contributed by atoms with E-state index in [0.717, 1.165) is 11.3 Å². The Bertz CT molecular complexity index is 1240. The summed E-state index contributed by atoms with van der Waals surface area (Å²) >= 11 is 1.09. The molecule has 0 bridgehead atoms. The molecule has 1 fully saturated rings. The molecule has 11 heteroatoms. The van der Waals surface area contributed by atoms with Crippen molar-refractivity contribution in [1.29, 1.82) is 0 Å². The van der Waals surface area contributed by atoms with Gasteiger partial charge in [0.05, 0.1) is 5.92 Å². The molecule has 1 aliphatic rings. The number of halogens is 1. The van der Waals surface area contributed by atoms with Crippen LogP contribution in [0.5, 0.6) is 0 Å². The summed E-state index contributed by atoms with van der Waals surface area (Å²) in [7, 11) is -3.76. The molecule has 3 heterocycles. The predicted octanol–water partition coefficient (Wildman–Crippen LogP) is 3.85. The maximum atomic E-state index is 13.3. The smallest absolute Gasteiger partial charge is 0.252 e. The van der Waals surface area contributed by atoms with Crippen molar-refractivity contribution < 1.29 is 22.1 Å². The topological polar surface area (TPSA) is 105 Å². The summed E-state index contributed by atoms with van der Waals surface area (Å²) in [6, 6.07) is 5.67. The van der Waals surface area contributed by atoms with Crippen molar-refractivity contribution in [3.63, 3.8) is 0 Å². The zero-order valence-electron chi connectivity index (χ0n) is 17.7. The first kappa shape index (κ1) is 22.6. The van der Waals surface area contributed by atoms with Crippen molar-refractivity contribution in [2.24, 2.45) is 5.92 Å². The summed E-state index contributed by atoms with van der Waals surface area (Å²) in [6.07, 6.45) is 1.75. The van der Waals surface area contributed by atoms with Crippen LogP contribution in [0.15, 0.2) is 38.4 Å². The molecule has 1 aliphatic heterocycles. The van der Waals surface area contributed by atoms with Crippen LogP contribution in [0.25, 0.3) is 11.4 Å². The monoisotopic (exact) mass is 478 g/mol. The maximum absolute atomic E-state index is 13.3. The van der Waals surface area contributed by atoms with Gasteiger partial charge in [-0.25, -0.2) is 12.8 Å². The van der Waals surface area contributed by atoms with Crippen LogP contribution in [0.3, 0.4) is 0 Å². The molecular weight excluding hydrogens is 455 g/mol. The molecule has 1 aromatic carbocycles. The molecule has 2 aromatic heterocycles. The average molecular weight is 479 g/mol. The summed E-state index contributed by atoms with van der Waals surface area (Å²) in [4.78, 5) is 17.0. The molecule has 1 N–H and O–H groups in total. The second kappa shape index (κ2) is 9.08. The lowest BCUT2D eigenvalue weighted by Crippen LogP contribution is -2.43. The number of nitrogens with zero attached hydrogens (tertiary/aromatic N) is 3. The number of piperidine rings is 1. The van der Waals surface area contributed by atoms with Crippen molar-refractivity contribution in [2.45, 2.75) is 37.3 Å². The van der Waals surface area contributed by atoms with Gasteiger partial charge in [-0.05, 0) is 49.6 Å². The van der Waals surface area contributed by atoms with Crippen LogP contribution in [0.1, 0.15) is 31.2 Å². The first-order valence-electron chi connectivity index (χ1n) is 10.3. The number of nitrogens with one attached hydrogen (secondary N) is 1. The van der Waals surface area contributed by atoms with Gasteiger partial charge in [-0.3, -0.25) is 4.79 Å². The average Bonchev–Trinajstić information content (AvgIpc) is 3.45.